The van der Waals surface area contributed by atoms with Gasteiger partial charge in [0.05, 0.1) is 6.61 Å². The molecular weight excluding hydrogens is 238 g/mol. The maximum atomic E-state index is 11.9. The Hall–Kier alpha value is -1.22. The highest BCUT2D eigenvalue weighted by Gasteiger charge is 2.32. The molecule has 0 saturated carbocycles. The van der Waals surface area contributed by atoms with E-state index in [1.807, 2.05) is 26.0 Å². The van der Waals surface area contributed by atoms with Crippen LogP contribution in [0.25, 0.3) is 0 Å². The van der Waals surface area contributed by atoms with Crippen LogP contribution in [0.4, 0.5) is 5.69 Å². The molecule has 0 fully saturated rings. The van der Waals surface area contributed by atoms with Crippen molar-refractivity contribution in [2.75, 3.05) is 11.9 Å². The molecule has 0 bridgehead atoms. The van der Waals surface area contributed by atoms with Gasteiger partial charge in [0.25, 0.3) is 0 Å². The topological polar surface area (TPSA) is 38.3 Å². The fraction of sp³-hybridized carbons (Fsp3) is 0.462. The molecule has 0 aliphatic rings. The minimum atomic E-state index is -0.705. The Balaban J connectivity index is 2.81. The molecule has 17 heavy (non-hydrogen) atoms. The summed E-state index contributed by atoms with van der Waals surface area (Å²) in [4.78, 5) is 11.9. The number of ether oxygens (including phenoxy) is 1. The SMILES string of the molecule is CCOC(=O)C(C)(CC)Nc1ccc(Cl)cc1. The molecule has 0 radical (unpaired) electrons. The molecule has 4 heteroatoms. The number of hydrogen-bond donors (Lipinski definition) is 1. The summed E-state index contributed by atoms with van der Waals surface area (Å²) in [6.45, 7) is 5.96. The monoisotopic (exact) mass is 255 g/mol. The molecule has 1 aromatic rings. The molecule has 0 aromatic heterocycles. The normalized spacial score (nSPS) is 13.9. The van der Waals surface area contributed by atoms with Gasteiger partial charge in [-0.2, -0.15) is 0 Å². The van der Waals surface area contributed by atoms with Gasteiger partial charge < -0.3 is 10.1 Å². The Labute approximate surface area is 107 Å². The predicted octanol–water partition coefficient (Wildman–Crippen LogP) is 3.48. The van der Waals surface area contributed by atoms with Crippen LogP contribution in [0.5, 0.6) is 0 Å². The zero-order valence-electron chi connectivity index (χ0n) is 10.4. The quantitative estimate of drug-likeness (QED) is 0.819. The first kappa shape index (κ1) is 13.8. The van der Waals surface area contributed by atoms with Crippen molar-refractivity contribution in [1.82, 2.24) is 0 Å². The highest BCUT2D eigenvalue weighted by atomic mass is 35.5. The molecule has 1 N–H and O–H groups in total. The molecule has 0 heterocycles. The number of halogens is 1. The van der Waals surface area contributed by atoms with Gasteiger partial charge in [0.2, 0.25) is 0 Å². The maximum Gasteiger partial charge on any atom is 0.331 e. The van der Waals surface area contributed by atoms with Crippen molar-refractivity contribution in [1.29, 1.82) is 0 Å². The molecule has 1 atom stereocenters. The predicted molar refractivity (Wildman–Crippen MR) is 70.4 cm³/mol. The van der Waals surface area contributed by atoms with E-state index in [2.05, 4.69) is 5.32 Å². The van der Waals surface area contributed by atoms with E-state index >= 15 is 0 Å². The summed E-state index contributed by atoms with van der Waals surface area (Å²) in [5.74, 6) is -0.238. The van der Waals surface area contributed by atoms with Crippen LogP contribution in [-0.2, 0) is 9.53 Å². The third-order valence-electron chi connectivity index (χ3n) is 2.70. The van der Waals surface area contributed by atoms with Crippen molar-refractivity contribution >= 4 is 23.3 Å². The summed E-state index contributed by atoms with van der Waals surface area (Å²) in [7, 11) is 0. The molecule has 0 amide bonds. The van der Waals surface area contributed by atoms with Crippen molar-refractivity contribution in [3.05, 3.63) is 29.3 Å². The first-order valence-corrected chi connectivity index (χ1v) is 6.10. The molecule has 1 rings (SSSR count). The van der Waals surface area contributed by atoms with E-state index in [1.165, 1.54) is 0 Å². The minimum Gasteiger partial charge on any atom is -0.464 e. The number of hydrogen-bond acceptors (Lipinski definition) is 3. The molecule has 0 saturated heterocycles. The third kappa shape index (κ3) is 3.63. The van der Waals surface area contributed by atoms with E-state index in [1.54, 1.807) is 19.1 Å². The van der Waals surface area contributed by atoms with E-state index in [0.29, 0.717) is 18.1 Å². The number of esters is 1. The van der Waals surface area contributed by atoms with Crippen molar-refractivity contribution in [3.63, 3.8) is 0 Å². The van der Waals surface area contributed by atoms with Crippen LogP contribution in [-0.4, -0.2) is 18.1 Å². The second kappa shape index (κ2) is 5.92. The van der Waals surface area contributed by atoms with E-state index < -0.39 is 5.54 Å². The van der Waals surface area contributed by atoms with E-state index in [-0.39, 0.29) is 5.97 Å². The Morgan fingerprint density at radius 1 is 1.35 bits per heavy atom. The van der Waals surface area contributed by atoms with Crippen LogP contribution in [0.15, 0.2) is 24.3 Å². The zero-order chi connectivity index (χ0) is 12.9. The molecule has 0 aliphatic carbocycles. The largest absolute Gasteiger partial charge is 0.464 e. The Morgan fingerprint density at radius 3 is 2.41 bits per heavy atom. The third-order valence-corrected chi connectivity index (χ3v) is 2.95. The van der Waals surface area contributed by atoms with E-state index in [4.69, 9.17) is 16.3 Å². The number of carbonyl (C=O) groups is 1. The van der Waals surface area contributed by atoms with Gasteiger partial charge in [0, 0.05) is 10.7 Å². The van der Waals surface area contributed by atoms with Gasteiger partial charge in [0.15, 0.2) is 0 Å². The first-order chi connectivity index (χ1) is 8.01. The molecule has 1 aromatic carbocycles. The summed E-state index contributed by atoms with van der Waals surface area (Å²) in [6.07, 6.45) is 0.647. The van der Waals surface area contributed by atoms with Crippen molar-refractivity contribution in [2.24, 2.45) is 0 Å². The lowest BCUT2D eigenvalue weighted by molar-refractivity contribution is -0.148. The molecular formula is C13H18ClNO2. The van der Waals surface area contributed by atoms with Crippen LogP contribution in [0.1, 0.15) is 27.2 Å². The van der Waals surface area contributed by atoms with Gasteiger partial charge in [-0.15, -0.1) is 0 Å². The van der Waals surface area contributed by atoms with Gasteiger partial charge in [-0.3, -0.25) is 0 Å². The maximum absolute atomic E-state index is 11.9. The lowest BCUT2D eigenvalue weighted by Gasteiger charge is -2.28. The lowest BCUT2D eigenvalue weighted by Crippen LogP contribution is -2.44. The smallest absolute Gasteiger partial charge is 0.331 e. The van der Waals surface area contributed by atoms with Gasteiger partial charge >= 0.3 is 5.97 Å². The van der Waals surface area contributed by atoms with Crippen molar-refractivity contribution < 1.29 is 9.53 Å². The zero-order valence-corrected chi connectivity index (χ0v) is 11.2. The number of nitrogens with one attached hydrogen (secondary N) is 1. The van der Waals surface area contributed by atoms with Crippen molar-refractivity contribution in [2.45, 2.75) is 32.7 Å². The fourth-order valence-corrected chi connectivity index (χ4v) is 1.55. The Morgan fingerprint density at radius 2 is 1.94 bits per heavy atom. The minimum absolute atomic E-state index is 0.238. The summed E-state index contributed by atoms with van der Waals surface area (Å²) < 4.78 is 5.07. The van der Waals surface area contributed by atoms with Gasteiger partial charge in [0.1, 0.15) is 5.54 Å². The van der Waals surface area contributed by atoms with Gasteiger partial charge in [-0.1, -0.05) is 18.5 Å². The van der Waals surface area contributed by atoms with Crippen molar-refractivity contribution in [3.8, 4) is 0 Å². The number of carbonyl (C=O) groups excluding carboxylic acids is 1. The van der Waals surface area contributed by atoms with Crippen LogP contribution >= 0.6 is 11.6 Å². The number of benzene rings is 1. The van der Waals surface area contributed by atoms with Gasteiger partial charge in [-0.05, 0) is 44.5 Å². The molecule has 3 nitrogen and oxygen atoms in total. The van der Waals surface area contributed by atoms with E-state index in [0.717, 1.165) is 5.69 Å². The first-order valence-electron chi connectivity index (χ1n) is 5.73. The summed E-state index contributed by atoms with van der Waals surface area (Å²) in [6, 6.07) is 7.25. The summed E-state index contributed by atoms with van der Waals surface area (Å²) in [5, 5.41) is 3.85. The van der Waals surface area contributed by atoms with Crippen LogP contribution in [0.3, 0.4) is 0 Å². The summed E-state index contributed by atoms with van der Waals surface area (Å²) >= 11 is 5.81. The van der Waals surface area contributed by atoms with Crippen LogP contribution in [0, 0.1) is 0 Å². The average molecular weight is 256 g/mol. The molecule has 1 unspecified atom stereocenters. The average Bonchev–Trinajstić information content (AvgIpc) is 2.32. The summed E-state index contributed by atoms with van der Waals surface area (Å²) in [5.41, 5.74) is 0.149. The number of anilines is 1. The Kier molecular flexibility index (Phi) is 4.82. The lowest BCUT2D eigenvalue weighted by atomic mass is 9.98. The molecule has 94 valence electrons. The van der Waals surface area contributed by atoms with Crippen LogP contribution < -0.4 is 5.32 Å². The standard InChI is InChI=1S/C13H18ClNO2/c1-4-13(3,12(16)17-5-2)15-11-8-6-10(14)7-9-11/h6-9,15H,4-5H2,1-3H3. The second-order valence-corrected chi connectivity index (χ2v) is 4.47. The molecule has 0 spiro atoms. The highest BCUT2D eigenvalue weighted by Crippen LogP contribution is 2.21. The van der Waals surface area contributed by atoms with Gasteiger partial charge in [-0.25, -0.2) is 4.79 Å². The fourth-order valence-electron chi connectivity index (χ4n) is 1.43. The Bertz CT molecular complexity index is 378. The van der Waals surface area contributed by atoms with E-state index in [9.17, 15) is 4.79 Å². The highest BCUT2D eigenvalue weighted by molar-refractivity contribution is 6.30. The number of rotatable bonds is 5. The molecule has 0 aliphatic heterocycles. The van der Waals surface area contributed by atoms with Crippen LogP contribution in [0.2, 0.25) is 5.02 Å². The second-order valence-electron chi connectivity index (χ2n) is 4.04.